The monoisotopic (exact) mass is 437 g/mol. The first-order valence-electron chi connectivity index (χ1n) is 9.45. The van der Waals surface area contributed by atoms with Gasteiger partial charge in [0.1, 0.15) is 28.6 Å². The molecule has 0 aliphatic carbocycles. The zero-order valence-corrected chi connectivity index (χ0v) is 17.7. The van der Waals surface area contributed by atoms with E-state index in [1.165, 1.54) is 12.3 Å². The number of aromatic hydroxyl groups is 1. The molecule has 0 unspecified atom stereocenters. The maximum absolute atomic E-state index is 12.9. The van der Waals surface area contributed by atoms with E-state index in [0.717, 1.165) is 5.56 Å². The Morgan fingerprint density at radius 3 is 2.74 bits per heavy atom. The standard InChI is InChI=1S/C23H20ClN3O4/c1-30-17-6-3-14(21(10-17)31-2)11-26-23(29)19-12-25-22-8-4-15(13-27(19)22)18-9-16(24)5-7-20(18)28/h3-10,12-13,28H,11H2,1-2H3,(H,26,29). The summed E-state index contributed by atoms with van der Waals surface area (Å²) in [4.78, 5) is 17.2. The fourth-order valence-electron chi connectivity index (χ4n) is 3.31. The Hall–Kier alpha value is -3.71. The quantitative estimate of drug-likeness (QED) is 0.469. The Bertz CT molecular complexity index is 1270. The number of carbonyl (C=O) groups excluding carboxylic acids is 1. The van der Waals surface area contributed by atoms with Crippen molar-refractivity contribution in [2.75, 3.05) is 14.2 Å². The van der Waals surface area contributed by atoms with Gasteiger partial charge in [-0.1, -0.05) is 11.6 Å². The maximum Gasteiger partial charge on any atom is 0.270 e. The number of phenolic OH excluding ortho intramolecular Hbond substituents is 1. The van der Waals surface area contributed by atoms with E-state index in [1.807, 2.05) is 18.2 Å². The Morgan fingerprint density at radius 2 is 1.97 bits per heavy atom. The SMILES string of the molecule is COc1ccc(CNC(=O)c2cnc3ccc(-c4cc(Cl)ccc4O)cn23)c(OC)c1. The molecule has 0 bridgehead atoms. The van der Waals surface area contributed by atoms with Crippen molar-refractivity contribution in [3.63, 3.8) is 0 Å². The third-order valence-corrected chi connectivity index (χ3v) is 5.18. The average molecular weight is 438 g/mol. The van der Waals surface area contributed by atoms with Crippen molar-refractivity contribution in [2.45, 2.75) is 6.54 Å². The lowest BCUT2D eigenvalue weighted by Crippen LogP contribution is -2.24. The van der Waals surface area contributed by atoms with Crippen molar-refractivity contribution in [3.8, 4) is 28.4 Å². The molecule has 4 aromatic rings. The second-order valence-corrected chi connectivity index (χ2v) is 7.25. The lowest BCUT2D eigenvalue weighted by molar-refractivity contribution is 0.0945. The molecule has 1 amide bonds. The molecule has 0 aliphatic rings. The lowest BCUT2D eigenvalue weighted by atomic mass is 10.1. The number of ether oxygens (including phenoxy) is 2. The predicted octanol–water partition coefficient (Wildman–Crippen LogP) is 4.31. The van der Waals surface area contributed by atoms with E-state index in [-0.39, 0.29) is 18.2 Å². The molecule has 0 atom stereocenters. The molecule has 31 heavy (non-hydrogen) atoms. The molecule has 2 N–H and O–H groups in total. The number of carbonyl (C=O) groups is 1. The number of halogens is 1. The van der Waals surface area contributed by atoms with Gasteiger partial charge in [-0.2, -0.15) is 0 Å². The summed E-state index contributed by atoms with van der Waals surface area (Å²) < 4.78 is 12.3. The van der Waals surface area contributed by atoms with Crippen LogP contribution in [0.3, 0.4) is 0 Å². The second-order valence-electron chi connectivity index (χ2n) is 6.81. The van der Waals surface area contributed by atoms with Crippen LogP contribution >= 0.6 is 11.6 Å². The first-order valence-corrected chi connectivity index (χ1v) is 9.83. The van der Waals surface area contributed by atoms with Crippen molar-refractivity contribution in [1.82, 2.24) is 14.7 Å². The van der Waals surface area contributed by atoms with Gasteiger partial charge in [-0.05, 0) is 42.5 Å². The van der Waals surface area contributed by atoms with Gasteiger partial charge in [0.15, 0.2) is 0 Å². The van der Waals surface area contributed by atoms with Gasteiger partial charge < -0.3 is 19.9 Å². The van der Waals surface area contributed by atoms with Crippen LogP contribution in [0.5, 0.6) is 17.2 Å². The number of nitrogens with one attached hydrogen (secondary N) is 1. The second kappa shape index (κ2) is 8.57. The highest BCUT2D eigenvalue weighted by Gasteiger charge is 2.15. The van der Waals surface area contributed by atoms with Crippen LogP contribution in [0.25, 0.3) is 16.8 Å². The van der Waals surface area contributed by atoms with Crippen molar-refractivity contribution >= 4 is 23.2 Å². The number of hydrogen-bond donors (Lipinski definition) is 2. The fraction of sp³-hybridized carbons (Fsp3) is 0.130. The largest absolute Gasteiger partial charge is 0.507 e. The number of amides is 1. The number of benzene rings is 2. The van der Waals surface area contributed by atoms with Crippen LogP contribution in [0.2, 0.25) is 5.02 Å². The molecule has 0 saturated heterocycles. The van der Waals surface area contributed by atoms with E-state index in [4.69, 9.17) is 21.1 Å². The molecule has 4 rings (SSSR count). The van der Waals surface area contributed by atoms with Gasteiger partial charge in [0.2, 0.25) is 0 Å². The van der Waals surface area contributed by atoms with E-state index in [2.05, 4.69) is 10.3 Å². The first kappa shape index (κ1) is 20.6. The highest BCUT2D eigenvalue weighted by molar-refractivity contribution is 6.31. The van der Waals surface area contributed by atoms with Crippen LogP contribution < -0.4 is 14.8 Å². The summed E-state index contributed by atoms with van der Waals surface area (Å²) >= 11 is 6.08. The minimum atomic E-state index is -0.294. The van der Waals surface area contributed by atoms with Crippen LogP contribution in [0.4, 0.5) is 0 Å². The van der Waals surface area contributed by atoms with Gasteiger partial charge in [0.05, 0.1) is 20.4 Å². The third-order valence-electron chi connectivity index (χ3n) is 4.94. The summed E-state index contributed by atoms with van der Waals surface area (Å²) in [5.74, 6) is 1.10. The van der Waals surface area contributed by atoms with E-state index >= 15 is 0 Å². The maximum atomic E-state index is 12.9. The van der Waals surface area contributed by atoms with Crippen molar-refractivity contribution in [2.24, 2.45) is 0 Å². The molecule has 0 spiro atoms. The minimum Gasteiger partial charge on any atom is -0.507 e. The average Bonchev–Trinajstić information content (AvgIpc) is 3.22. The summed E-state index contributed by atoms with van der Waals surface area (Å²) in [5.41, 5.74) is 3.06. The molecule has 7 nitrogen and oxygen atoms in total. The number of nitrogens with zero attached hydrogens (tertiary/aromatic N) is 2. The molecule has 158 valence electrons. The number of fused-ring (bicyclic) bond motifs is 1. The van der Waals surface area contributed by atoms with Gasteiger partial charge in [0.25, 0.3) is 5.91 Å². The third kappa shape index (κ3) is 4.13. The topological polar surface area (TPSA) is 85.1 Å². The first-order chi connectivity index (χ1) is 15.0. The Labute approximate surface area is 183 Å². The smallest absolute Gasteiger partial charge is 0.270 e. The summed E-state index contributed by atoms with van der Waals surface area (Å²) in [7, 11) is 3.15. The highest BCUT2D eigenvalue weighted by Crippen LogP contribution is 2.32. The zero-order chi connectivity index (χ0) is 22.0. The summed E-state index contributed by atoms with van der Waals surface area (Å²) in [6, 6.07) is 13.8. The molecule has 0 aliphatic heterocycles. The zero-order valence-electron chi connectivity index (χ0n) is 16.9. The van der Waals surface area contributed by atoms with E-state index in [1.54, 1.807) is 49.1 Å². The molecular formula is C23H20ClN3O4. The highest BCUT2D eigenvalue weighted by atomic mass is 35.5. The van der Waals surface area contributed by atoms with E-state index < -0.39 is 0 Å². The molecule has 0 fully saturated rings. The lowest BCUT2D eigenvalue weighted by Gasteiger charge is -2.11. The number of rotatable bonds is 6. The summed E-state index contributed by atoms with van der Waals surface area (Å²) in [6.45, 7) is 0.272. The molecule has 2 aromatic carbocycles. The van der Waals surface area contributed by atoms with E-state index in [0.29, 0.717) is 39.0 Å². The Kier molecular flexibility index (Phi) is 5.68. The fourth-order valence-corrected chi connectivity index (χ4v) is 3.48. The Morgan fingerprint density at radius 1 is 1.13 bits per heavy atom. The van der Waals surface area contributed by atoms with Crippen molar-refractivity contribution < 1.29 is 19.4 Å². The summed E-state index contributed by atoms with van der Waals surface area (Å²) in [5, 5.41) is 13.6. The van der Waals surface area contributed by atoms with Gasteiger partial charge in [-0.15, -0.1) is 0 Å². The number of methoxy groups -OCH3 is 2. The van der Waals surface area contributed by atoms with Crippen LogP contribution in [0.1, 0.15) is 16.1 Å². The minimum absolute atomic E-state index is 0.0986. The van der Waals surface area contributed by atoms with Crippen LogP contribution in [-0.4, -0.2) is 34.6 Å². The number of imidazole rings is 1. The van der Waals surface area contributed by atoms with E-state index in [9.17, 15) is 9.90 Å². The van der Waals surface area contributed by atoms with Crippen LogP contribution in [-0.2, 0) is 6.54 Å². The molecular weight excluding hydrogens is 418 g/mol. The van der Waals surface area contributed by atoms with Crippen molar-refractivity contribution in [1.29, 1.82) is 0 Å². The number of pyridine rings is 1. The summed E-state index contributed by atoms with van der Waals surface area (Å²) in [6.07, 6.45) is 3.26. The number of aromatic nitrogens is 2. The molecule has 0 radical (unpaired) electrons. The van der Waals surface area contributed by atoms with Gasteiger partial charge in [0, 0.05) is 40.5 Å². The van der Waals surface area contributed by atoms with Crippen LogP contribution in [0, 0.1) is 0 Å². The predicted molar refractivity (Wildman–Crippen MR) is 118 cm³/mol. The van der Waals surface area contributed by atoms with Crippen LogP contribution in [0.15, 0.2) is 60.9 Å². The molecule has 0 saturated carbocycles. The molecule has 8 heteroatoms. The Balaban J connectivity index is 1.61. The van der Waals surface area contributed by atoms with Gasteiger partial charge in [-0.3, -0.25) is 9.20 Å². The van der Waals surface area contributed by atoms with Gasteiger partial charge >= 0.3 is 0 Å². The molecule has 2 aromatic heterocycles. The van der Waals surface area contributed by atoms with Crippen molar-refractivity contribution in [3.05, 3.63) is 77.2 Å². The normalized spacial score (nSPS) is 10.8. The number of phenols is 1. The number of hydrogen-bond acceptors (Lipinski definition) is 5. The molecule has 2 heterocycles. The van der Waals surface area contributed by atoms with Gasteiger partial charge in [-0.25, -0.2) is 4.98 Å².